The minimum Gasteiger partial charge on any atom is -0.281 e. The van der Waals surface area contributed by atoms with Gasteiger partial charge in [-0.1, -0.05) is 23.2 Å². The summed E-state index contributed by atoms with van der Waals surface area (Å²) in [7, 11) is 0. The molecule has 0 saturated carbocycles. The Labute approximate surface area is 113 Å². The summed E-state index contributed by atoms with van der Waals surface area (Å²) in [6, 6.07) is 10.3. The van der Waals surface area contributed by atoms with Gasteiger partial charge in [0.1, 0.15) is 5.15 Å². The van der Waals surface area contributed by atoms with Crippen molar-refractivity contribution in [1.82, 2.24) is 4.98 Å². The van der Waals surface area contributed by atoms with E-state index in [1.54, 1.807) is 36.4 Å². The van der Waals surface area contributed by atoms with E-state index in [9.17, 15) is 4.79 Å². The Balaban J connectivity index is 2.14. The largest absolute Gasteiger partial charge is 0.281 e. The molecule has 86 valence electrons. The Hall–Kier alpha value is -1.03. The molecule has 0 radical (unpaired) electrons. The summed E-state index contributed by atoms with van der Waals surface area (Å²) in [6.07, 6.45) is 1.51. The highest BCUT2D eigenvalue weighted by molar-refractivity contribution is 8.14. The summed E-state index contributed by atoms with van der Waals surface area (Å²) in [5.41, 5.74) is 0.532. The minimum absolute atomic E-state index is 0.0726. The third-order valence-electron chi connectivity index (χ3n) is 1.99. The molecule has 1 aromatic carbocycles. The van der Waals surface area contributed by atoms with Gasteiger partial charge in [-0.15, -0.1) is 0 Å². The number of carbonyl (C=O) groups excluding carboxylic acids is 1. The maximum Gasteiger partial charge on any atom is 0.224 e. The van der Waals surface area contributed by atoms with Gasteiger partial charge in [0.25, 0.3) is 0 Å². The highest BCUT2D eigenvalue weighted by atomic mass is 35.5. The van der Waals surface area contributed by atoms with E-state index in [4.69, 9.17) is 23.2 Å². The Morgan fingerprint density at radius 1 is 1.12 bits per heavy atom. The van der Waals surface area contributed by atoms with Crippen LogP contribution in [0.2, 0.25) is 10.2 Å². The first kappa shape index (κ1) is 12.4. The van der Waals surface area contributed by atoms with Gasteiger partial charge in [-0.25, -0.2) is 4.98 Å². The zero-order valence-electron chi connectivity index (χ0n) is 8.56. The van der Waals surface area contributed by atoms with Gasteiger partial charge in [0.2, 0.25) is 5.12 Å². The summed E-state index contributed by atoms with van der Waals surface area (Å²) in [5, 5.41) is 0.887. The molecule has 17 heavy (non-hydrogen) atoms. The van der Waals surface area contributed by atoms with Crippen LogP contribution in [0.25, 0.3) is 0 Å². The minimum atomic E-state index is -0.0726. The fourth-order valence-electron chi connectivity index (χ4n) is 1.20. The second kappa shape index (κ2) is 5.54. The molecule has 0 bridgehead atoms. The van der Waals surface area contributed by atoms with Gasteiger partial charge in [-0.05, 0) is 48.2 Å². The molecule has 0 amide bonds. The van der Waals surface area contributed by atoms with Crippen LogP contribution in [0.1, 0.15) is 10.4 Å². The first-order valence-corrected chi connectivity index (χ1v) is 6.32. The van der Waals surface area contributed by atoms with Gasteiger partial charge in [0.05, 0.1) is 0 Å². The van der Waals surface area contributed by atoms with Gasteiger partial charge in [-0.2, -0.15) is 0 Å². The number of benzene rings is 1. The number of carbonyl (C=O) groups is 1. The molecular formula is C12H7Cl2NOS. The average molecular weight is 284 g/mol. The molecule has 0 spiro atoms. The molecule has 2 nitrogen and oxygen atoms in total. The zero-order valence-corrected chi connectivity index (χ0v) is 10.9. The second-order valence-electron chi connectivity index (χ2n) is 3.21. The van der Waals surface area contributed by atoms with Crippen LogP contribution in [0.4, 0.5) is 0 Å². The lowest BCUT2D eigenvalue weighted by Gasteiger charge is -2.01. The molecule has 0 N–H and O–H groups in total. The second-order valence-corrected chi connectivity index (χ2v) is 5.08. The molecule has 0 atom stereocenters. The molecule has 2 rings (SSSR count). The molecule has 5 heteroatoms. The van der Waals surface area contributed by atoms with Crippen molar-refractivity contribution in [2.75, 3.05) is 0 Å². The van der Waals surface area contributed by atoms with Crippen LogP contribution in [0, 0.1) is 0 Å². The fraction of sp³-hybridized carbons (Fsp3) is 0. The van der Waals surface area contributed by atoms with E-state index in [-0.39, 0.29) is 5.12 Å². The molecular weight excluding hydrogens is 277 g/mol. The third kappa shape index (κ3) is 3.46. The van der Waals surface area contributed by atoms with Crippen molar-refractivity contribution >= 4 is 40.1 Å². The summed E-state index contributed by atoms with van der Waals surface area (Å²) in [5.74, 6) is 0. The maximum absolute atomic E-state index is 11.9. The topological polar surface area (TPSA) is 30.0 Å². The van der Waals surface area contributed by atoms with Crippen molar-refractivity contribution in [1.29, 1.82) is 0 Å². The number of pyridine rings is 1. The van der Waals surface area contributed by atoms with Crippen LogP contribution in [0.5, 0.6) is 0 Å². The first-order chi connectivity index (χ1) is 8.15. The van der Waals surface area contributed by atoms with Gasteiger partial charge >= 0.3 is 0 Å². The smallest absolute Gasteiger partial charge is 0.224 e. The van der Waals surface area contributed by atoms with Crippen LogP contribution >= 0.6 is 35.0 Å². The van der Waals surface area contributed by atoms with Crippen LogP contribution in [0.3, 0.4) is 0 Å². The SMILES string of the molecule is O=C(Sc1ccc(Cl)cc1)c1ccnc(Cl)c1. The van der Waals surface area contributed by atoms with E-state index in [1.807, 2.05) is 0 Å². The van der Waals surface area contributed by atoms with Crippen LogP contribution in [0.15, 0.2) is 47.5 Å². The van der Waals surface area contributed by atoms with E-state index < -0.39 is 0 Å². The van der Waals surface area contributed by atoms with E-state index >= 15 is 0 Å². The lowest BCUT2D eigenvalue weighted by molar-refractivity contribution is 0.108. The molecule has 0 fully saturated rings. The predicted octanol–water partition coefficient (Wildman–Crippen LogP) is 4.32. The molecule has 0 saturated heterocycles. The lowest BCUT2D eigenvalue weighted by atomic mass is 10.3. The van der Waals surface area contributed by atoms with E-state index in [1.165, 1.54) is 6.20 Å². The normalized spacial score (nSPS) is 10.2. The number of halogens is 2. The predicted molar refractivity (Wildman–Crippen MR) is 70.9 cm³/mol. The van der Waals surface area contributed by atoms with Gasteiger partial charge in [0, 0.05) is 21.7 Å². The van der Waals surface area contributed by atoms with E-state index in [2.05, 4.69) is 4.98 Å². The Morgan fingerprint density at radius 3 is 2.47 bits per heavy atom. The number of thioether (sulfide) groups is 1. The summed E-state index contributed by atoms with van der Waals surface area (Å²) in [4.78, 5) is 16.6. The highest BCUT2D eigenvalue weighted by Crippen LogP contribution is 2.24. The number of hydrogen-bond acceptors (Lipinski definition) is 3. The highest BCUT2D eigenvalue weighted by Gasteiger charge is 2.08. The zero-order chi connectivity index (χ0) is 12.3. The number of rotatable bonds is 2. The van der Waals surface area contributed by atoms with Crippen LogP contribution < -0.4 is 0 Å². The van der Waals surface area contributed by atoms with Gasteiger partial charge in [-0.3, -0.25) is 4.79 Å². The molecule has 2 aromatic rings. The van der Waals surface area contributed by atoms with Gasteiger partial charge in [0.15, 0.2) is 0 Å². The Morgan fingerprint density at radius 2 is 1.82 bits per heavy atom. The fourth-order valence-corrected chi connectivity index (χ4v) is 2.23. The number of aromatic nitrogens is 1. The Bertz CT molecular complexity index is 542. The monoisotopic (exact) mass is 283 g/mol. The quantitative estimate of drug-likeness (QED) is 0.607. The van der Waals surface area contributed by atoms with Crippen LogP contribution in [-0.4, -0.2) is 10.1 Å². The van der Waals surface area contributed by atoms with Gasteiger partial charge < -0.3 is 0 Å². The average Bonchev–Trinajstić information content (AvgIpc) is 2.32. The molecule has 1 heterocycles. The van der Waals surface area contributed by atoms with Crippen molar-refractivity contribution in [3.05, 3.63) is 58.3 Å². The maximum atomic E-state index is 11.9. The number of nitrogens with zero attached hydrogens (tertiary/aromatic N) is 1. The third-order valence-corrected chi connectivity index (χ3v) is 3.37. The molecule has 0 unspecified atom stereocenters. The molecule has 0 aliphatic carbocycles. The van der Waals surface area contributed by atoms with E-state index in [0.29, 0.717) is 15.7 Å². The first-order valence-electron chi connectivity index (χ1n) is 4.74. The van der Waals surface area contributed by atoms with Crippen molar-refractivity contribution in [3.8, 4) is 0 Å². The van der Waals surface area contributed by atoms with E-state index in [0.717, 1.165) is 16.7 Å². The molecule has 1 aromatic heterocycles. The Kier molecular flexibility index (Phi) is 4.05. The van der Waals surface area contributed by atoms with Crippen molar-refractivity contribution in [2.24, 2.45) is 0 Å². The van der Waals surface area contributed by atoms with Crippen LogP contribution in [-0.2, 0) is 0 Å². The summed E-state index contributed by atoms with van der Waals surface area (Å²) < 4.78 is 0. The standard InChI is InChI=1S/C12H7Cl2NOS/c13-9-1-3-10(4-2-9)17-12(16)8-5-6-15-11(14)7-8/h1-7H. The van der Waals surface area contributed by atoms with Crippen molar-refractivity contribution in [3.63, 3.8) is 0 Å². The summed E-state index contributed by atoms with van der Waals surface area (Å²) >= 11 is 12.6. The molecule has 0 aliphatic rings. The lowest BCUT2D eigenvalue weighted by Crippen LogP contribution is -1.93. The number of hydrogen-bond donors (Lipinski definition) is 0. The molecule has 0 aliphatic heterocycles. The van der Waals surface area contributed by atoms with Crippen molar-refractivity contribution in [2.45, 2.75) is 4.90 Å². The van der Waals surface area contributed by atoms with Crippen molar-refractivity contribution < 1.29 is 4.79 Å². The summed E-state index contributed by atoms with van der Waals surface area (Å²) in [6.45, 7) is 0.